The molecule has 3 fully saturated rings. The molecular formula is C19H36IN5O. The van der Waals surface area contributed by atoms with Crippen LogP contribution in [0.4, 0.5) is 0 Å². The molecule has 1 aliphatic carbocycles. The smallest absolute Gasteiger partial charge is 0.220 e. The topological polar surface area (TPSA) is 68.8 Å². The first kappa shape index (κ1) is 21.7. The van der Waals surface area contributed by atoms with E-state index in [2.05, 4.69) is 25.8 Å². The molecule has 3 rings (SSSR count). The Morgan fingerprint density at radius 3 is 2.69 bits per heavy atom. The van der Waals surface area contributed by atoms with Crippen LogP contribution in [-0.2, 0) is 4.79 Å². The normalized spacial score (nSPS) is 28.3. The van der Waals surface area contributed by atoms with E-state index in [0.717, 1.165) is 24.8 Å². The Labute approximate surface area is 175 Å². The summed E-state index contributed by atoms with van der Waals surface area (Å²) in [6.45, 7) is 4.19. The highest BCUT2D eigenvalue weighted by molar-refractivity contribution is 14.0. The Morgan fingerprint density at radius 1 is 1.19 bits per heavy atom. The van der Waals surface area contributed by atoms with E-state index in [-0.39, 0.29) is 35.9 Å². The molecule has 6 nitrogen and oxygen atoms in total. The van der Waals surface area contributed by atoms with Gasteiger partial charge in [0, 0.05) is 45.2 Å². The zero-order valence-electron chi connectivity index (χ0n) is 16.1. The van der Waals surface area contributed by atoms with Crippen molar-refractivity contribution in [3.8, 4) is 0 Å². The molecule has 1 saturated carbocycles. The summed E-state index contributed by atoms with van der Waals surface area (Å²) < 4.78 is 0. The van der Waals surface area contributed by atoms with Crippen molar-refractivity contribution in [1.82, 2.24) is 20.9 Å². The number of hydrogen-bond donors (Lipinski definition) is 3. The van der Waals surface area contributed by atoms with Gasteiger partial charge in [-0.05, 0) is 44.6 Å². The van der Waals surface area contributed by atoms with Crippen LogP contribution in [0.5, 0.6) is 0 Å². The quantitative estimate of drug-likeness (QED) is 0.322. The molecule has 7 heteroatoms. The van der Waals surface area contributed by atoms with Crippen molar-refractivity contribution in [2.75, 3.05) is 33.2 Å². The third kappa shape index (κ3) is 6.55. The number of nitrogens with one attached hydrogen (secondary N) is 3. The summed E-state index contributed by atoms with van der Waals surface area (Å²) in [4.78, 5) is 18.3. The number of rotatable bonds is 5. The lowest BCUT2D eigenvalue weighted by atomic mass is 9.89. The number of nitrogens with zero attached hydrogens (tertiary/aromatic N) is 2. The van der Waals surface area contributed by atoms with Crippen molar-refractivity contribution >= 4 is 35.8 Å². The van der Waals surface area contributed by atoms with Crippen LogP contribution >= 0.6 is 24.0 Å². The predicted octanol–water partition coefficient (Wildman–Crippen LogP) is 2.09. The standard InChI is InChI=1S/C19H35N5O.HI/c1-20-19(23-16-9-10-18(25)21-12-16)22-13-17-8-5-11-24(17)14-15-6-3-2-4-7-15;/h15-17H,2-14H2,1H3,(H,21,25)(H2,20,22,23);1H. The molecule has 0 aromatic heterocycles. The van der Waals surface area contributed by atoms with E-state index in [9.17, 15) is 4.79 Å². The van der Waals surface area contributed by atoms with E-state index in [1.165, 1.54) is 58.0 Å². The van der Waals surface area contributed by atoms with Gasteiger partial charge in [0.05, 0.1) is 0 Å². The average Bonchev–Trinajstić information content (AvgIpc) is 3.08. The van der Waals surface area contributed by atoms with Crippen LogP contribution in [0.1, 0.15) is 57.8 Å². The lowest BCUT2D eigenvalue weighted by Crippen LogP contribution is -2.53. The Hall–Kier alpha value is -0.570. The van der Waals surface area contributed by atoms with Crippen LogP contribution in [0.25, 0.3) is 0 Å². The van der Waals surface area contributed by atoms with Crippen LogP contribution in [0.15, 0.2) is 4.99 Å². The fourth-order valence-corrected chi connectivity index (χ4v) is 4.53. The number of carbonyl (C=O) groups excluding carboxylic acids is 1. The van der Waals surface area contributed by atoms with Gasteiger partial charge in [-0.1, -0.05) is 19.3 Å². The Morgan fingerprint density at radius 2 is 2.00 bits per heavy atom. The van der Waals surface area contributed by atoms with E-state index in [1.54, 1.807) is 0 Å². The summed E-state index contributed by atoms with van der Waals surface area (Å²) in [6.07, 6.45) is 11.2. The molecule has 0 aromatic carbocycles. The highest BCUT2D eigenvalue weighted by atomic mass is 127. The average molecular weight is 477 g/mol. The summed E-state index contributed by atoms with van der Waals surface area (Å²) in [7, 11) is 1.82. The summed E-state index contributed by atoms with van der Waals surface area (Å²) >= 11 is 0. The Kier molecular flexibility index (Phi) is 9.45. The number of hydrogen-bond acceptors (Lipinski definition) is 3. The van der Waals surface area contributed by atoms with E-state index >= 15 is 0 Å². The number of guanidine groups is 1. The zero-order chi connectivity index (χ0) is 17.5. The molecule has 3 aliphatic rings. The predicted molar refractivity (Wildman–Crippen MR) is 117 cm³/mol. The fourth-order valence-electron chi connectivity index (χ4n) is 4.53. The maximum absolute atomic E-state index is 11.3. The molecular weight excluding hydrogens is 441 g/mol. The number of amides is 1. The molecule has 2 aliphatic heterocycles. The zero-order valence-corrected chi connectivity index (χ0v) is 18.5. The molecule has 0 radical (unpaired) electrons. The van der Waals surface area contributed by atoms with Gasteiger partial charge in [-0.3, -0.25) is 14.7 Å². The van der Waals surface area contributed by atoms with Crippen molar-refractivity contribution in [3.05, 3.63) is 0 Å². The van der Waals surface area contributed by atoms with Crippen molar-refractivity contribution in [2.24, 2.45) is 10.9 Å². The summed E-state index contributed by atoms with van der Waals surface area (Å²) in [6, 6.07) is 0.914. The second-order valence-electron chi connectivity index (χ2n) is 7.93. The van der Waals surface area contributed by atoms with Crippen molar-refractivity contribution in [2.45, 2.75) is 69.9 Å². The van der Waals surface area contributed by atoms with E-state index in [0.29, 0.717) is 19.0 Å². The lowest BCUT2D eigenvalue weighted by molar-refractivity contribution is -0.122. The Balaban J connectivity index is 0.00000243. The maximum atomic E-state index is 11.3. The minimum atomic E-state index is 0. The minimum Gasteiger partial charge on any atom is -0.355 e. The van der Waals surface area contributed by atoms with Crippen molar-refractivity contribution < 1.29 is 4.79 Å². The monoisotopic (exact) mass is 477 g/mol. The van der Waals surface area contributed by atoms with Gasteiger partial charge in [0.2, 0.25) is 5.91 Å². The van der Waals surface area contributed by atoms with Gasteiger partial charge < -0.3 is 16.0 Å². The molecule has 2 unspecified atom stereocenters. The number of likely N-dealkylation sites (tertiary alicyclic amines) is 1. The second-order valence-corrected chi connectivity index (χ2v) is 7.93. The lowest BCUT2D eigenvalue weighted by Gasteiger charge is -2.31. The summed E-state index contributed by atoms with van der Waals surface area (Å²) in [5.74, 6) is 1.94. The van der Waals surface area contributed by atoms with E-state index in [4.69, 9.17) is 0 Å². The second kappa shape index (κ2) is 11.3. The molecule has 2 heterocycles. The molecule has 1 amide bonds. The third-order valence-electron chi connectivity index (χ3n) is 6.05. The van der Waals surface area contributed by atoms with Crippen LogP contribution in [0, 0.1) is 5.92 Å². The largest absolute Gasteiger partial charge is 0.355 e. The fraction of sp³-hybridized carbons (Fsp3) is 0.895. The van der Waals surface area contributed by atoms with E-state index in [1.807, 2.05) is 7.05 Å². The van der Waals surface area contributed by atoms with Crippen LogP contribution < -0.4 is 16.0 Å². The van der Waals surface area contributed by atoms with Gasteiger partial charge in [0.15, 0.2) is 5.96 Å². The van der Waals surface area contributed by atoms with Gasteiger partial charge in [-0.25, -0.2) is 0 Å². The van der Waals surface area contributed by atoms with Crippen molar-refractivity contribution in [3.63, 3.8) is 0 Å². The number of carbonyl (C=O) groups is 1. The summed E-state index contributed by atoms with van der Waals surface area (Å²) in [5, 5.41) is 9.89. The SMILES string of the molecule is CN=C(NCC1CCCN1CC1CCCCC1)NC1CCC(=O)NC1.I. The first-order valence-electron chi connectivity index (χ1n) is 10.2. The van der Waals surface area contributed by atoms with Gasteiger partial charge >= 0.3 is 0 Å². The highest BCUT2D eigenvalue weighted by Gasteiger charge is 2.27. The third-order valence-corrected chi connectivity index (χ3v) is 6.05. The molecule has 150 valence electrons. The molecule has 0 aromatic rings. The highest BCUT2D eigenvalue weighted by Crippen LogP contribution is 2.27. The molecule has 26 heavy (non-hydrogen) atoms. The van der Waals surface area contributed by atoms with Crippen molar-refractivity contribution in [1.29, 1.82) is 0 Å². The van der Waals surface area contributed by atoms with Crippen LogP contribution in [0.2, 0.25) is 0 Å². The van der Waals surface area contributed by atoms with Gasteiger partial charge in [-0.2, -0.15) is 0 Å². The number of halogens is 1. The van der Waals surface area contributed by atoms with E-state index < -0.39 is 0 Å². The maximum Gasteiger partial charge on any atom is 0.220 e. The molecule has 0 spiro atoms. The summed E-state index contributed by atoms with van der Waals surface area (Å²) in [5.41, 5.74) is 0. The first-order valence-corrected chi connectivity index (χ1v) is 10.2. The molecule has 2 atom stereocenters. The van der Waals surface area contributed by atoms with Gasteiger partial charge in [0.25, 0.3) is 0 Å². The Bertz CT molecular complexity index is 457. The number of aliphatic imine (C=N–C) groups is 1. The molecule has 0 bridgehead atoms. The number of piperidine rings is 1. The van der Waals surface area contributed by atoms with Crippen LogP contribution in [-0.4, -0.2) is 62.1 Å². The van der Waals surface area contributed by atoms with Gasteiger partial charge in [-0.15, -0.1) is 24.0 Å². The molecule has 3 N–H and O–H groups in total. The van der Waals surface area contributed by atoms with Crippen LogP contribution in [0.3, 0.4) is 0 Å². The van der Waals surface area contributed by atoms with Gasteiger partial charge in [0.1, 0.15) is 0 Å². The molecule has 2 saturated heterocycles. The minimum absolute atomic E-state index is 0. The first-order chi connectivity index (χ1) is 12.2.